The van der Waals surface area contributed by atoms with Crippen LogP contribution >= 0.6 is 12.4 Å². The number of likely N-dealkylation sites (N-methyl/N-ethyl adjacent to an activating group) is 1. The summed E-state index contributed by atoms with van der Waals surface area (Å²) in [7, 11) is 1.84. The lowest BCUT2D eigenvalue weighted by Crippen LogP contribution is -2.30. The summed E-state index contributed by atoms with van der Waals surface area (Å²) in [6, 6.07) is 5.92. The monoisotopic (exact) mass is 310 g/mol. The Hall–Kier alpha value is -1.26. The van der Waals surface area contributed by atoms with E-state index in [1.165, 1.54) is 18.4 Å². The zero-order valence-electron chi connectivity index (χ0n) is 12.4. The second-order valence-corrected chi connectivity index (χ2v) is 5.79. The average Bonchev–Trinajstić information content (AvgIpc) is 3.17. The molecule has 1 fully saturated rings. The number of nitrogens with one attached hydrogen (secondary N) is 1. The summed E-state index contributed by atoms with van der Waals surface area (Å²) < 4.78 is 5.58. The number of amides is 1. The van der Waals surface area contributed by atoms with E-state index < -0.39 is 0 Å². The van der Waals surface area contributed by atoms with Gasteiger partial charge >= 0.3 is 0 Å². The van der Waals surface area contributed by atoms with Crippen molar-refractivity contribution in [3.63, 3.8) is 0 Å². The molecule has 0 saturated heterocycles. The van der Waals surface area contributed by atoms with Crippen molar-refractivity contribution in [1.29, 1.82) is 0 Å². The number of benzene rings is 1. The second-order valence-electron chi connectivity index (χ2n) is 5.79. The molecule has 1 aliphatic heterocycles. The van der Waals surface area contributed by atoms with E-state index in [0.717, 1.165) is 36.7 Å². The molecule has 5 heteroatoms. The third-order valence-electron chi connectivity index (χ3n) is 4.03. The van der Waals surface area contributed by atoms with Crippen molar-refractivity contribution >= 4 is 24.0 Å². The van der Waals surface area contributed by atoms with Crippen LogP contribution in [0.25, 0.3) is 0 Å². The summed E-state index contributed by atoms with van der Waals surface area (Å²) in [5.41, 5.74) is 3.18. The molecule has 1 amide bonds. The van der Waals surface area contributed by atoms with Gasteiger partial charge in [0.2, 0.25) is 0 Å². The van der Waals surface area contributed by atoms with Gasteiger partial charge in [-0.3, -0.25) is 4.79 Å². The molecule has 4 nitrogen and oxygen atoms in total. The molecule has 1 N–H and O–H groups in total. The third kappa shape index (κ3) is 4.11. The van der Waals surface area contributed by atoms with E-state index in [0.29, 0.717) is 13.2 Å². The minimum atomic E-state index is 0. The van der Waals surface area contributed by atoms with E-state index in [1.807, 2.05) is 25.2 Å². The predicted molar refractivity (Wildman–Crippen MR) is 86.4 cm³/mol. The van der Waals surface area contributed by atoms with E-state index in [-0.39, 0.29) is 18.3 Å². The summed E-state index contributed by atoms with van der Waals surface area (Å²) in [5.74, 6) is 0.856. The van der Waals surface area contributed by atoms with Crippen LogP contribution in [-0.2, 0) is 11.2 Å². The van der Waals surface area contributed by atoms with E-state index in [1.54, 1.807) is 4.90 Å². The Kier molecular flexibility index (Phi) is 5.48. The van der Waals surface area contributed by atoms with Crippen LogP contribution in [0.5, 0.6) is 0 Å². The standard InChI is InChI=1S/C16H22N2O2.ClH/c1-18(8-9-20-11-12-2-3-12)16(19)14-4-5-15-13(10-14)6-7-17-15;/h4-5,10,12,17H,2-3,6-9,11H2,1H3;1H. The first-order valence-electron chi connectivity index (χ1n) is 7.44. The van der Waals surface area contributed by atoms with Gasteiger partial charge in [0, 0.05) is 38.0 Å². The highest BCUT2D eigenvalue weighted by atomic mass is 35.5. The zero-order chi connectivity index (χ0) is 13.9. The van der Waals surface area contributed by atoms with Gasteiger partial charge in [0.05, 0.1) is 6.61 Å². The van der Waals surface area contributed by atoms with Crippen molar-refractivity contribution < 1.29 is 9.53 Å². The lowest BCUT2D eigenvalue weighted by atomic mass is 10.1. The highest BCUT2D eigenvalue weighted by Crippen LogP contribution is 2.28. The molecule has 1 aromatic rings. The molecule has 0 spiro atoms. The summed E-state index contributed by atoms with van der Waals surface area (Å²) in [6.07, 6.45) is 3.61. The average molecular weight is 311 g/mol. The van der Waals surface area contributed by atoms with E-state index in [2.05, 4.69) is 5.32 Å². The maximum atomic E-state index is 12.3. The van der Waals surface area contributed by atoms with Crippen LogP contribution in [-0.4, -0.2) is 44.2 Å². The first kappa shape index (κ1) is 16.1. The largest absolute Gasteiger partial charge is 0.384 e. The molecule has 3 rings (SSSR count). The number of carbonyl (C=O) groups excluding carboxylic acids is 1. The number of hydrogen-bond donors (Lipinski definition) is 1. The molecule has 0 unspecified atom stereocenters. The molecule has 0 radical (unpaired) electrons. The maximum absolute atomic E-state index is 12.3. The Morgan fingerprint density at radius 3 is 3.00 bits per heavy atom. The van der Waals surface area contributed by atoms with Crippen LogP contribution in [0, 0.1) is 5.92 Å². The van der Waals surface area contributed by atoms with Crippen molar-refractivity contribution in [3.05, 3.63) is 29.3 Å². The first-order valence-corrected chi connectivity index (χ1v) is 7.44. The SMILES string of the molecule is CN(CCOCC1CC1)C(=O)c1ccc2c(c1)CCN2.Cl. The van der Waals surface area contributed by atoms with Crippen LogP contribution in [0.3, 0.4) is 0 Å². The molecule has 21 heavy (non-hydrogen) atoms. The van der Waals surface area contributed by atoms with Gasteiger partial charge in [-0.2, -0.15) is 0 Å². The molecule has 1 aliphatic carbocycles. The Balaban J connectivity index is 0.00000161. The van der Waals surface area contributed by atoms with Crippen LogP contribution in [0.15, 0.2) is 18.2 Å². The Bertz CT molecular complexity index is 503. The van der Waals surface area contributed by atoms with Crippen molar-refractivity contribution in [2.24, 2.45) is 5.92 Å². The summed E-state index contributed by atoms with van der Waals surface area (Å²) in [6.45, 7) is 3.11. The molecule has 1 aromatic carbocycles. The number of ether oxygens (including phenoxy) is 1. The quantitative estimate of drug-likeness (QED) is 0.821. The number of anilines is 1. The summed E-state index contributed by atoms with van der Waals surface area (Å²) in [5, 5.41) is 3.31. The molecule has 0 atom stereocenters. The predicted octanol–water partition coefficient (Wildman–Crippen LogP) is 2.58. The van der Waals surface area contributed by atoms with Gasteiger partial charge in [0.15, 0.2) is 0 Å². The van der Waals surface area contributed by atoms with Gasteiger partial charge in [0.1, 0.15) is 0 Å². The second kappa shape index (κ2) is 7.14. The number of nitrogens with zero attached hydrogens (tertiary/aromatic N) is 1. The van der Waals surface area contributed by atoms with Crippen molar-refractivity contribution in [3.8, 4) is 0 Å². The highest BCUT2D eigenvalue weighted by Gasteiger charge is 2.21. The molecule has 1 heterocycles. The number of rotatable bonds is 6. The fourth-order valence-corrected chi connectivity index (χ4v) is 2.50. The fraction of sp³-hybridized carbons (Fsp3) is 0.562. The Morgan fingerprint density at radius 2 is 2.24 bits per heavy atom. The lowest BCUT2D eigenvalue weighted by Gasteiger charge is -2.17. The molecule has 1 saturated carbocycles. The number of hydrogen-bond acceptors (Lipinski definition) is 3. The Labute approximate surface area is 132 Å². The zero-order valence-corrected chi connectivity index (χ0v) is 13.2. The smallest absolute Gasteiger partial charge is 0.253 e. The number of halogens is 1. The molecule has 2 aliphatic rings. The van der Waals surface area contributed by atoms with Gasteiger partial charge in [-0.25, -0.2) is 0 Å². The van der Waals surface area contributed by atoms with Crippen molar-refractivity contribution in [2.75, 3.05) is 38.7 Å². The van der Waals surface area contributed by atoms with Crippen molar-refractivity contribution in [2.45, 2.75) is 19.3 Å². The molecule has 116 valence electrons. The first-order chi connectivity index (χ1) is 9.74. The van der Waals surface area contributed by atoms with Gasteiger partial charge in [-0.1, -0.05) is 0 Å². The van der Waals surface area contributed by atoms with E-state index in [4.69, 9.17) is 4.74 Å². The molecular weight excluding hydrogens is 288 g/mol. The highest BCUT2D eigenvalue weighted by molar-refractivity contribution is 5.94. The molecule has 0 aromatic heterocycles. The topological polar surface area (TPSA) is 41.6 Å². The normalized spacial score (nSPS) is 15.9. The van der Waals surface area contributed by atoms with Gasteiger partial charge in [-0.05, 0) is 48.9 Å². The minimum Gasteiger partial charge on any atom is -0.384 e. The summed E-state index contributed by atoms with van der Waals surface area (Å²) >= 11 is 0. The number of carbonyl (C=O) groups is 1. The van der Waals surface area contributed by atoms with Crippen LogP contribution in [0.2, 0.25) is 0 Å². The maximum Gasteiger partial charge on any atom is 0.253 e. The minimum absolute atomic E-state index is 0. The van der Waals surface area contributed by atoms with Gasteiger partial charge in [-0.15, -0.1) is 12.4 Å². The van der Waals surface area contributed by atoms with Crippen LogP contribution in [0.4, 0.5) is 5.69 Å². The van der Waals surface area contributed by atoms with E-state index >= 15 is 0 Å². The van der Waals surface area contributed by atoms with Crippen LogP contribution < -0.4 is 5.32 Å². The fourth-order valence-electron chi connectivity index (χ4n) is 2.50. The van der Waals surface area contributed by atoms with Gasteiger partial charge in [0.25, 0.3) is 5.91 Å². The van der Waals surface area contributed by atoms with Crippen LogP contribution in [0.1, 0.15) is 28.8 Å². The van der Waals surface area contributed by atoms with Gasteiger partial charge < -0.3 is 15.0 Å². The molecular formula is C16H23ClN2O2. The molecule has 0 bridgehead atoms. The Morgan fingerprint density at radius 1 is 1.43 bits per heavy atom. The van der Waals surface area contributed by atoms with E-state index in [9.17, 15) is 4.79 Å². The third-order valence-corrected chi connectivity index (χ3v) is 4.03. The van der Waals surface area contributed by atoms with Crippen molar-refractivity contribution in [1.82, 2.24) is 4.90 Å². The number of fused-ring (bicyclic) bond motifs is 1. The summed E-state index contributed by atoms with van der Waals surface area (Å²) in [4.78, 5) is 14.1. The lowest BCUT2D eigenvalue weighted by molar-refractivity contribution is 0.0681.